The molecule has 1 nitrogen and oxygen atoms in total. The number of aryl methyl sites for hydroxylation is 1. The molecular formula is C10H12ClN. The standard InChI is InChI=1S/C10H12ClN/c1-7-4-3-5-9(11)10(7)8(2)6-12/h3-5H,2,6,12H2,1H3. The number of rotatable bonds is 2. The van der Waals surface area contributed by atoms with Crippen LogP contribution in [-0.2, 0) is 0 Å². The third-order valence-corrected chi connectivity index (χ3v) is 2.14. The number of halogens is 1. The lowest BCUT2D eigenvalue weighted by atomic mass is 10.0. The van der Waals surface area contributed by atoms with E-state index in [1.54, 1.807) is 0 Å². The van der Waals surface area contributed by atoms with E-state index < -0.39 is 0 Å². The minimum absolute atomic E-state index is 0.449. The van der Waals surface area contributed by atoms with E-state index in [0.29, 0.717) is 6.54 Å². The van der Waals surface area contributed by atoms with Gasteiger partial charge in [0, 0.05) is 11.6 Å². The van der Waals surface area contributed by atoms with Gasteiger partial charge in [0.25, 0.3) is 0 Å². The summed E-state index contributed by atoms with van der Waals surface area (Å²) in [6.45, 7) is 6.31. The van der Waals surface area contributed by atoms with E-state index in [9.17, 15) is 0 Å². The molecule has 0 saturated heterocycles. The summed E-state index contributed by atoms with van der Waals surface area (Å²) >= 11 is 5.99. The predicted octanol–water partition coefficient (Wildman–Crippen LogP) is 2.62. The van der Waals surface area contributed by atoms with Crippen LogP contribution >= 0.6 is 11.6 Å². The first-order chi connectivity index (χ1) is 5.66. The summed E-state index contributed by atoms with van der Waals surface area (Å²) in [5, 5.41) is 0.727. The van der Waals surface area contributed by atoms with Gasteiger partial charge in [0.15, 0.2) is 0 Å². The van der Waals surface area contributed by atoms with Crippen LogP contribution in [0.25, 0.3) is 5.57 Å². The van der Waals surface area contributed by atoms with E-state index in [4.69, 9.17) is 17.3 Å². The molecule has 1 rings (SSSR count). The topological polar surface area (TPSA) is 26.0 Å². The highest BCUT2D eigenvalue weighted by Gasteiger charge is 2.05. The summed E-state index contributed by atoms with van der Waals surface area (Å²) in [6.07, 6.45) is 0. The van der Waals surface area contributed by atoms with Crippen LogP contribution in [0.2, 0.25) is 5.02 Å². The average molecular weight is 182 g/mol. The van der Waals surface area contributed by atoms with Crippen molar-refractivity contribution >= 4 is 17.2 Å². The van der Waals surface area contributed by atoms with E-state index in [1.807, 2.05) is 25.1 Å². The van der Waals surface area contributed by atoms with Crippen LogP contribution in [0.5, 0.6) is 0 Å². The second kappa shape index (κ2) is 3.74. The molecule has 0 aromatic heterocycles. The van der Waals surface area contributed by atoms with Crippen molar-refractivity contribution < 1.29 is 0 Å². The van der Waals surface area contributed by atoms with Crippen LogP contribution in [0.15, 0.2) is 24.8 Å². The highest BCUT2D eigenvalue weighted by Crippen LogP contribution is 2.25. The summed E-state index contributed by atoms with van der Waals surface area (Å²) in [6, 6.07) is 5.78. The van der Waals surface area contributed by atoms with Gasteiger partial charge in [0.2, 0.25) is 0 Å². The quantitative estimate of drug-likeness (QED) is 0.746. The molecule has 0 radical (unpaired) electrons. The van der Waals surface area contributed by atoms with E-state index >= 15 is 0 Å². The molecule has 2 heteroatoms. The Morgan fingerprint density at radius 1 is 1.58 bits per heavy atom. The lowest BCUT2D eigenvalue weighted by molar-refractivity contribution is 1.25. The summed E-state index contributed by atoms with van der Waals surface area (Å²) in [5.74, 6) is 0. The second-order valence-electron chi connectivity index (χ2n) is 2.74. The first-order valence-electron chi connectivity index (χ1n) is 3.80. The molecule has 0 fully saturated rings. The van der Waals surface area contributed by atoms with Crippen molar-refractivity contribution in [1.29, 1.82) is 0 Å². The van der Waals surface area contributed by atoms with Crippen LogP contribution in [0.1, 0.15) is 11.1 Å². The Morgan fingerprint density at radius 2 is 2.25 bits per heavy atom. The number of hydrogen-bond donors (Lipinski definition) is 1. The minimum atomic E-state index is 0.449. The SMILES string of the molecule is C=C(CN)c1c(C)cccc1Cl. The zero-order valence-electron chi connectivity index (χ0n) is 7.10. The lowest BCUT2D eigenvalue weighted by Crippen LogP contribution is -2.02. The van der Waals surface area contributed by atoms with Gasteiger partial charge in [-0.1, -0.05) is 30.3 Å². The molecule has 0 aliphatic rings. The molecular weight excluding hydrogens is 170 g/mol. The Kier molecular flexibility index (Phi) is 2.90. The van der Waals surface area contributed by atoms with Crippen molar-refractivity contribution in [1.82, 2.24) is 0 Å². The fourth-order valence-corrected chi connectivity index (χ4v) is 1.54. The summed E-state index contributed by atoms with van der Waals surface area (Å²) in [4.78, 5) is 0. The van der Waals surface area contributed by atoms with Crippen molar-refractivity contribution in [3.8, 4) is 0 Å². The molecule has 1 aromatic carbocycles. The van der Waals surface area contributed by atoms with Crippen LogP contribution in [-0.4, -0.2) is 6.54 Å². The van der Waals surface area contributed by atoms with Gasteiger partial charge in [0.05, 0.1) is 0 Å². The number of benzene rings is 1. The highest BCUT2D eigenvalue weighted by molar-refractivity contribution is 6.32. The first kappa shape index (κ1) is 9.30. The van der Waals surface area contributed by atoms with Crippen molar-refractivity contribution in [3.05, 3.63) is 40.9 Å². The molecule has 0 unspecified atom stereocenters. The van der Waals surface area contributed by atoms with Crippen LogP contribution < -0.4 is 5.73 Å². The zero-order valence-corrected chi connectivity index (χ0v) is 7.86. The maximum Gasteiger partial charge on any atom is 0.0484 e. The van der Waals surface area contributed by atoms with E-state index in [2.05, 4.69) is 6.58 Å². The number of nitrogens with two attached hydrogens (primary N) is 1. The van der Waals surface area contributed by atoms with Crippen molar-refractivity contribution in [2.75, 3.05) is 6.54 Å². The second-order valence-corrected chi connectivity index (χ2v) is 3.15. The van der Waals surface area contributed by atoms with Gasteiger partial charge in [-0.2, -0.15) is 0 Å². The van der Waals surface area contributed by atoms with Gasteiger partial charge in [0.1, 0.15) is 0 Å². The molecule has 2 N–H and O–H groups in total. The molecule has 64 valence electrons. The Hall–Kier alpha value is -0.790. The van der Waals surface area contributed by atoms with Crippen LogP contribution in [0.4, 0.5) is 0 Å². The van der Waals surface area contributed by atoms with Gasteiger partial charge in [-0.05, 0) is 29.7 Å². The number of hydrogen-bond acceptors (Lipinski definition) is 1. The van der Waals surface area contributed by atoms with Crippen molar-refractivity contribution in [2.45, 2.75) is 6.92 Å². The van der Waals surface area contributed by atoms with E-state index in [0.717, 1.165) is 21.7 Å². The smallest absolute Gasteiger partial charge is 0.0484 e. The van der Waals surface area contributed by atoms with Gasteiger partial charge >= 0.3 is 0 Å². The molecule has 0 bridgehead atoms. The first-order valence-corrected chi connectivity index (χ1v) is 4.18. The summed E-state index contributed by atoms with van der Waals surface area (Å²) in [5.41, 5.74) is 8.48. The normalized spacial score (nSPS) is 9.92. The van der Waals surface area contributed by atoms with E-state index in [1.165, 1.54) is 0 Å². The Bertz CT molecular complexity index is 284. The maximum atomic E-state index is 5.99. The minimum Gasteiger partial charge on any atom is -0.326 e. The fraction of sp³-hybridized carbons (Fsp3) is 0.200. The molecule has 0 aliphatic heterocycles. The van der Waals surface area contributed by atoms with Gasteiger partial charge in [-0.25, -0.2) is 0 Å². The molecule has 0 heterocycles. The van der Waals surface area contributed by atoms with Crippen LogP contribution in [0.3, 0.4) is 0 Å². The Morgan fingerprint density at radius 3 is 2.75 bits per heavy atom. The molecule has 0 saturated carbocycles. The Balaban J connectivity index is 3.21. The monoisotopic (exact) mass is 181 g/mol. The lowest BCUT2D eigenvalue weighted by Gasteiger charge is -2.08. The van der Waals surface area contributed by atoms with Gasteiger partial charge in [-0.15, -0.1) is 0 Å². The van der Waals surface area contributed by atoms with Crippen molar-refractivity contribution in [2.24, 2.45) is 5.73 Å². The molecule has 0 aliphatic carbocycles. The Labute approximate surface area is 77.8 Å². The van der Waals surface area contributed by atoms with Crippen molar-refractivity contribution in [3.63, 3.8) is 0 Å². The fourth-order valence-electron chi connectivity index (χ4n) is 1.18. The molecule has 0 spiro atoms. The zero-order chi connectivity index (χ0) is 9.14. The molecule has 0 amide bonds. The molecule has 0 atom stereocenters. The maximum absolute atomic E-state index is 5.99. The summed E-state index contributed by atoms with van der Waals surface area (Å²) < 4.78 is 0. The summed E-state index contributed by atoms with van der Waals surface area (Å²) in [7, 11) is 0. The predicted molar refractivity (Wildman–Crippen MR) is 54.3 cm³/mol. The largest absolute Gasteiger partial charge is 0.326 e. The highest BCUT2D eigenvalue weighted by atomic mass is 35.5. The third-order valence-electron chi connectivity index (χ3n) is 1.82. The van der Waals surface area contributed by atoms with Gasteiger partial charge < -0.3 is 5.73 Å². The molecule has 1 aromatic rings. The average Bonchev–Trinajstić information content (AvgIpc) is 2.03. The third kappa shape index (κ3) is 1.68. The molecule has 12 heavy (non-hydrogen) atoms. The van der Waals surface area contributed by atoms with Crippen LogP contribution in [0, 0.1) is 6.92 Å². The van der Waals surface area contributed by atoms with E-state index in [-0.39, 0.29) is 0 Å². The van der Waals surface area contributed by atoms with Gasteiger partial charge in [-0.3, -0.25) is 0 Å².